The molecule has 2 heterocycles. The Kier molecular flexibility index (Phi) is 6.23. The molecular weight excluding hydrogens is 378 g/mol. The minimum absolute atomic E-state index is 0.0784. The van der Waals surface area contributed by atoms with Gasteiger partial charge in [-0.15, -0.1) is 0 Å². The van der Waals surface area contributed by atoms with E-state index in [0.29, 0.717) is 0 Å². The van der Waals surface area contributed by atoms with Crippen LogP contribution in [-0.2, 0) is 9.39 Å². The van der Waals surface area contributed by atoms with Crippen LogP contribution in [0.15, 0.2) is 18.5 Å². The number of hydrogen-bond donors (Lipinski definition) is 4. The second-order valence-corrected chi connectivity index (χ2v) is 8.99. The van der Waals surface area contributed by atoms with E-state index in [4.69, 9.17) is 9.39 Å². The number of nitrogens with zero attached hydrogens (tertiary/aromatic N) is 2. The maximum Gasteiger partial charge on any atom is 0.493 e. The molecule has 0 spiro atoms. The van der Waals surface area contributed by atoms with Gasteiger partial charge < -0.3 is 29.6 Å². The summed E-state index contributed by atoms with van der Waals surface area (Å²) in [7, 11) is -3.31. The summed E-state index contributed by atoms with van der Waals surface area (Å²) in [5.74, 6) is 0. The van der Waals surface area contributed by atoms with Crippen LogP contribution in [0.1, 0.15) is 48.5 Å². The van der Waals surface area contributed by atoms with E-state index in [1.54, 1.807) is 48.5 Å². The molecule has 0 fully saturated rings. The molecule has 9 nitrogen and oxygen atoms in total. The highest BCUT2D eigenvalue weighted by atomic mass is 16.6. The third-order valence-electron chi connectivity index (χ3n) is 4.73. The van der Waals surface area contributed by atoms with Crippen molar-refractivity contribution in [3.05, 3.63) is 18.5 Å². The topological polar surface area (TPSA) is 134 Å². The smallest absolute Gasteiger partial charge is 0.443 e. The summed E-state index contributed by atoms with van der Waals surface area (Å²) in [5.41, 5.74) is -2.78. The maximum atomic E-state index is 12.6. The van der Waals surface area contributed by atoms with E-state index in [1.807, 2.05) is 0 Å². The highest BCUT2D eigenvalue weighted by molar-refractivity contribution is 6.64. The maximum absolute atomic E-state index is 12.6. The Hall–Kier alpha value is -1.91. The van der Waals surface area contributed by atoms with Crippen molar-refractivity contribution in [3.8, 4) is 0 Å². The van der Waals surface area contributed by atoms with E-state index in [0.717, 1.165) is 4.57 Å². The molecule has 158 valence electrons. The van der Waals surface area contributed by atoms with Crippen LogP contribution in [-0.4, -0.2) is 66.9 Å². The van der Waals surface area contributed by atoms with Crippen LogP contribution >= 0.6 is 0 Å². The quantitative estimate of drug-likeness (QED) is 0.500. The molecule has 2 aromatic rings. The first-order chi connectivity index (χ1) is 13.0. The molecule has 2 aromatic heterocycles. The average molecular weight is 406 g/mol. The zero-order chi connectivity index (χ0) is 22.4. The molecule has 0 amide bonds. The van der Waals surface area contributed by atoms with Gasteiger partial charge in [0, 0.05) is 28.7 Å². The summed E-state index contributed by atoms with van der Waals surface area (Å²) in [6, 6.07) is 1.40. The van der Waals surface area contributed by atoms with Crippen LogP contribution in [0, 0.1) is 0 Å². The van der Waals surface area contributed by atoms with Gasteiger partial charge in [0.2, 0.25) is 0 Å². The van der Waals surface area contributed by atoms with Crippen LogP contribution in [0.4, 0.5) is 4.79 Å². The molecule has 0 aliphatic rings. The molecule has 11 heteroatoms. The normalized spacial score (nSPS) is 12.9. The minimum Gasteiger partial charge on any atom is -0.443 e. The molecule has 0 radical (unpaired) electrons. The highest BCUT2D eigenvalue weighted by Gasteiger charge is 2.40. The third-order valence-corrected chi connectivity index (χ3v) is 4.73. The van der Waals surface area contributed by atoms with E-state index in [9.17, 15) is 25.0 Å². The van der Waals surface area contributed by atoms with Crippen LogP contribution in [0.2, 0.25) is 0 Å². The van der Waals surface area contributed by atoms with Crippen LogP contribution in [0.25, 0.3) is 11.0 Å². The van der Waals surface area contributed by atoms with E-state index in [1.165, 1.54) is 18.5 Å². The molecule has 0 aromatic carbocycles. The standard InChI is InChI=1S/C18H28B2N2O7/c1-16(2,3)28-15(23)22-10-13(20(27)29-18(6,7)17(4,5)24)12-8-11(19(25)26)9-21-14(12)22/h8-10,24-27H,1-7H3. The summed E-state index contributed by atoms with van der Waals surface area (Å²) in [4.78, 5) is 16.7. The Morgan fingerprint density at radius 1 is 1.10 bits per heavy atom. The first-order valence-electron chi connectivity index (χ1n) is 9.22. The fraction of sp³-hybridized carbons (Fsp3) is 0.556. The Morgan fingerprint density at radius 2 is 1.69 bits per heavy atom. The minimum atomic E-state index is -1.78. The summed E-state index contributed by atoms with van der Waals surface area (Å²) in [5, 5.41) is 40.2. The van der Waals surface area contributed by atoms with Gasteiger partial charge in [-0.2, -0.15) is 0 Å². The van der Waals surface area contributed by atoms with Gasteiger partial charge in [-0.1, -0.05) is 6.07 Å². The molecule has 0 saturated carbocycles. The number of rotatable bonds is 5. The molecule has 0 bridgehead atoms. The molecule has 0 atom stereocenters. The summed E-state index contributed by atoms with van der Waals surface area (Å²) < 4.78 is 12.2. The van der Waals surface area contributed by atoms with E-state index < -0.39 is 37.1 Å². The fourth-order valence-corrected chi connectivity index (χ4v) is 2.42. The van der Waals surface area contributed by atoms with Gasteiger partial charge >= 0.3 is 20.3 Å². The lowest BCUT2D eigenvalue weighted by molar-refractivity contribution is -0.0982. The molecule has 2 rings (SSSR count). The molecule has 0 aliphatic heterocycles. The Balaban J connectivity index is 2.58. The predicted octanol–water partition coefficient (Wildman–Crippen LogP) is -0.247. The summed E-state index contributed by atoms with van der Waals surface area (Å²) in [6.45, 7) is 11.5. The van der Waals surface area contributed by atoms with E-state index in [-0.39, 0.29) is 22.0 Å². The molecule has 0 aliphatic carbocycles. The van der Waals surface area contributed by atoms with Gasteiger partial charge in [-0.3, -0.25) is 0 Å². The van der Waals surface area contributed by atoms with E-state index in [2.05, 4.69) is 4.98 Å². The van der Waals surface area contributed by atoms with Crippen molar-refractivity contribution in [2.45, 2.75) is 65.3 Å². The fourth-order valence-electron chi connectivity index (χ4n) is 2.42. The number of carbonyl (C=O) groups is 1. The molecule has 4 N–H and O–H groups in total. The third kappa shape index (κ3) is 5.17. The number of hydrogen-bond acceptors (Lipinski definition) is 8. The van der Waals surface area contributed by atoms with Crippen LogP contribution in [0.5, 0.6) is 0 Å². The average Bonchev–Trinajstić information content (AvgIpc) is 2.90. The largest absolute Gasteiger partial charge is 0.493 e. The monoisotopic (exact) mass is 406 g/mol. The molecule has 0 unspecified atom stereocenters. The number of aromatic nitrogens is 2. The van der Waals surface area contributed by atoms with Crippen LogP contribution in [0.3, 0.4) is 0 Å². The molecule has 0 saturated heterocycles. The number of ether oxygens (including phenoxy) is 1. The first-order valence-corrected chi connectivity index (χ1v) is 9.22. The van der Waals surface area contributed by atoms with Gasteiger partial charge in [0.15, 0.2) is 0 Å². The summed E-state index contributed by atoms with van der Waals surface area (Å²) >= 11 is 0. The van der Waals surface area contributed by atoms with Crippen LogP contribution < -0.4 is 10.9 Å². The van der Waals surface area contributed by atoms with Crippen molar-refractivity contribution in [1.29, 1.82) is 0 Å². The predicted molar refractivity (Wildman–Crippen MR) is 110 cm³/mol. The van der Waals surface area contributed by atoms with Gasteiger partial charge in [-0.05, 0) is 48.5 Å². The first kappa shape index (κ1) is 23.4. The number of aliphatic hydroxyl groups is 1. The van der Waals surface area contributed by atoms with Gasteiger partial charge in [0.05, 0.1) is 11.2 Å². The Labute approximate surface area is 170 Å². The number of pyridine rings is 1. The van der Waals surface area contributed by atoms with Crippen molar-refractivity contribution in [2.24, 2.45) is 0 Å². The second kappa shape index (κ2) is 7.73. The zero-order valence-corrected chi connectivity index (χ0v) is 17.8. The SMILES string of the molecule is CC(C)(C)OC(=O)n1cc(B(O)OC(C)(C)C(C)(C)O)c2cc(B(O)O)cnc21. The van der Waals surface area contributed by atoms with Gasteiger partial charge in [-0.25, -0.2) is 14.3 Å². The van der Waals surface area contributed by atoms with Crippen molar-refractivity contribution in [3.63, 3.8) is 0 Å². The number of carbonyl (C=O) groups excluding carboxylic acids is 1. The molecular formula is C18H28B2N2O7. The molecule has 29 heavy (non-hydrogen) atoms. The summed E-state index contributed by atoms with van der Waals surface area (Å²) in [6.07, 6.45) is 1.82. The van der Waals surface area contributed by atoms with Crippen molar-refractivity contribution in [1.82, 2.24) is 9.55 Å². The van der Waals surface area contributed by atoms with E-state index >= 15 is 0 Å². The number of fused-ring (bicyclic) bond motifs is 1. The zero-order valence-electron chi connectivity index (χ0n) is 17.8. The van der Waals surface area contributed by atoms with Gasteiger partial charge in [0.1, 0.15) is 11.2 Å². The lowest BCUT2D eigenvalue weighted by Gasteiger charge is -2.38. The second-order valence-electron chi connectivity index (χ2n) is 8.99. The Bertz CT molecular complexity index is 898. The Morgan fingerprint density at radius 3 is 2.17 bits per heavy atom. The van der Waals surface area contributed by atoms with Gasteiger partial charge in [0.25, 0.3) is 0 Å². The van der Waals surface area contributed by atoms with Crippen molar-refractivity contribution in [2.75, 3.05) is 0 Å². The van der Waals surface area contributed by atoms with Crippen molar-refractivity contribution >= 4 is 42.3 Å². The highest BCUT2D eigenvalue weighted by Crippen LogP contribution is 2.26. The lowest BCUT2D eigenvalue weighted by Crippen LogP contribution is -2.53. The van der Waals surface area contributed by atoms with Crippen molar-refractivity contribution < 1.29 is 34.4 Å². The lowest BCUT2D eigenvalue weighted by atomic mass is 9.75.